The largest absolute Gasteiger partial charge is 0.339 e. The average molecular weight is 422 g/mol. The van der Waals surface area contributed by atoms with Crippen molar-refractivity contribution in [2.24, 2.45) is 0 Å². The van der Waals surface area contributed by atoms with Crippen LogP contribution in [0.2, 0.25) is 0 Å². The molecule has 0 bridgehead atoms. The zero-order valence-corrected chi connectivity index (χ0v) is 18.7. The number of carbonyl (C=O) groups excluding carboxylic acids is 2. The summed E-state index contributed by atoms with van der Waals surface area (Å²) in [5, 5.41) is 13.3. The molecule has 0 unspecified atom stereocenters. The highest BCUT2D eigenvalue weighted by Crippen LogP contribution is 2.17. The van der Waals surface area contributed by atoms with Crippen LogP contribution in [-0.4, -0.2) is 57.6 Å². The minimum absolute atomic E-state index is 0.0331. The van der Waals surface area contributed by atoms with Crippen LogP contribution in [0.4, 0.5) is 0 Å². The molecular weight excluding hydrogens is 390 g/mol. The first kappa shape index (κ1) is 22.5. The molecule has 2 heterocycles. The van der Waals surface area contributed by atoms with Crippen LogP contribution in [0, 0.1) is 25.2 Å². The molecule has 0 atom stereocenters. The number of aromatic nitrogens is 2. The first-order valence-corrected chi connectivity index (χ1v) is 11.0. The fraction of sp³-hybridized carbons (Fsp3) is 0.500. The van der Waals surface area contributed by atoms with Crippen LogP contribution >= 0.6 is 0 Å². The summed E-state index contributed by atoms with van der Waals surface area (Å²) in [5.74, 6) is 0.147. The molecule has 2 amide bonds. The summed E-state index contributed by atoms with van der Waals surface area (Å²) in [6.07, 6.45) is 2.45. The van der Waals surface area contributed by atoms with Gasteiger partial charge in [0.15, 0.2) is 0 Å². The highest BCUT2D eigenvalue weighted by Gasteiger charge is 2.25. The molecular formula is C24H31N5O2. The molecule has 1 fully saturated rings. The quantitative estimate of drug-likeness (QED) is 0.688. The van der Waals surface area contributed by atoms with E-state index in [1.165, 1.54) is 5.56 Å². The Morgan fingerprint density at radius 2 is 1.71 bits per heavy atom. The third-order valence-corrected chi connectivity index (χ3v) is 6.08. The Morgan fingerprint density at radius 1 is 1.06 bits per heavy atom. The van der Waals surface area contributed by atoms with Gasteiger partial charge in [-0.3, -0.25) is 14.3 Å². The first-order chi connectivity index (χ1) is 14.9. The lowest BCUT2D eigenvalue weighted by Crippen LogP contribution is -2.50. The molecule has 2 aromatic rings. The van der Waals surface area contributed by atoms with Gasteiger partial charge in [0.25, 0.3) is 5.91 Å². The van der Waals surface area contributed by atoms with Crippen molar-refractivity contribution in [3.8, 4) is 6.07 Å². The number of nitriles is 1. The van der Waals surface area contributed by atoms with Gasteiger partial charge < -0.3 is 9.80 Å². The van der Waals surface area contributed by atoms with Crippen LogP contribution in [0.1, 0.15) is 52.6 Å². The van der Waals surface area contributed by atoms with E-state index in [9.17, 15) is 9.59 Å². The fourth-order valence-corrected chi connectivity index (χ4v) is 4.08. The maximum Gasteiger partial charge on any atom is 0.253 e. The SMILES string of the molecule is CCc1ccc(C(=O)N2CCN(C(=O)CCc3c(C)nn(CCC#N)c3C)CC2)cc1. The average Bonchev–Trinajstić information content (AvgIpc) is 3.08. The number of nitrogens with zero attached hydrogens (tertiary/aromatic N) is 5. The Labute approximate surface area is 184 Å². The summed E-state index contributed by atoms with van der Waals surface area (Å²) in [6.45, 7) is 8.87. The molecule has 1 aromatic heterocycles. The van der Waals surface area contributed by atoms with Crippen LogP contribution < -0.4 is 0 Å². The van der Waals surface area contributed by atoms with Crippen LogP contribution in [0.3, 0.4) is 0 Å². The minimum atomic E-state index is 0.0331. The monoisotopic (exact) mass is 421 g/mol. The Bertz CT molecular complexity index is 963. The fourth-order valence-electron chi connectivity index (χ4n) is 4.08. The van der Waals surface area contributed by atoms with E-state index >= 15 is 0 Å². The number of piperazine rings is 1. The Hall–Kier alpha value is -3.14. The zero-order valence-electron chi connectivity index (χ0n) is 18.7. The molecule has 1 saturated heterocycles. The van der Waals surface area contributed by atoms with Gasteiger partial charge in [-0.1, -0.05) is 19.1 Å². The van der Waals surface area contributed by atoms with E-state index < -0.39 is 0 Å². The molecule has 31 heavy (non-hydrogen) atoms. The van der Waals surface area contributed by atoms with Gasteiger partial charge in [-0.25, -0.2) is 0 Å². The number of carbonyl (C=O) groups is 2. The van der Waals surface area contributed by atoms with Gasteiger partial charge in [0.1, 0.15) is 0 Å². The summed E-state index contributed by atoms with van der Waals surface area (Å²) >= 11 is 0. The van der Waals surface area contributed by atoms with E-state index in [2.05, 4.69) is 18.1 Å². The van der Waals surface area contributed by atoms with Crippen LogP contribution in [0.5, 0.6) is 0 Å². The number of amides is 2. The van der Waals surface area contributed by atoms with Gasteiger partial charge in [0, 0.05) is 43.9 Å². The molecule has 7 nitrogen and oxygen atoms in total. The summed E-state index contributed by atoms with van der Waals surface area (Å²) < 4.78 is 1.86. The summed E-state index contributed by atoms with van der Waals surface area (Å²) in [6, 6.07) is 9.92. The van der Waals surface area contributed by atoms with Crippen LogP contribution in [0.15, 0.2) is 24.3 Å². The number of aryl methyl sites for hydroxylation is 3. The Morgan fingerprint density at radius 3 is 2.32 bits per heavy atom. The topological polar surface area (TPSA) is 82.2 Å². The molecule has 0 spiro atoms. The molecule has 1 aliphatic rings. The van der Waals surface area contributed by atoms with E-state index in [1.54, 1.807) is 0 Å². The predicted octanol–water partition coefficient (Wildman–Crippen LogP) is 2.89. The van der Waals surface area contributed by atoms with Crippen molar-refractivity contribution in [3.63, 3.8) is 0 Å². The minimum Gasteiger partial charge on any atom is -0.339 e. The van der Waals surface area contributed by atoms with E-state index in [4.69, 9.17) is 5.26 Å². The molecule has 1 aromatic carbocycles. The number of hydrogen-bond acceptors (Lipinski definition) is 4. The van der Waals surface area contributed by atoms with Crippen molar-refractivity contribution >= 4 is 11.8 Å². The Balaban J connectivity index is 1.51. The van der Waals surface area contributed by atoms with Crippen molar-refractivity contribution < 1.29 is 9.59 Å². The lowest BCUT2D eigenvalue weighted by molar-refractivity contribution is -0.132. The maximum atomic E-state index is 12.7. The molecule has 0 N–H and O–H groups in total. The van der Waals surface area contributed by atoms with E-state index in [0.29, 0.717) is 57.5 Å². The normalized spacial score (nSPS) is 13.9. The molecule has 7 heteroatoms. The summed E-state index contributed by atoms with van der Waals surface area (Å²) in [5.41, 5.74) is 4.97. The second kappa shape index (κ2) is 10.3. The van der Waals surface area contributed by atoms with Gasteiger partial charge in [0.05, 0.1) is 24.7 Å². The third-order valence-electron chi connectivity index (χ3n) is 6.08. The second-order valence-electron chi connectivity index (χ2n) is 8.00. The first-order valence-electron chi connectivity index (χ1n) is 11.0. The number of hydrogen-bond donors (Lipinski definition) is 0. The van der Waals surface area contributed by atoms with Crippen molar-refractivity contribution in [3.05, 3.63) is 52.3 Å². The van der Waals surface area contributed by atoms with Gasteiger partial charge in [-0.05, 0) is 49.9 Å². The van der Waals surface area contributed by atoms with Crippen molar-refractivity contribution in [1.29, 1.82) is 5.26 Å². The summed E-state index contributed by atoms with van der Waals surface area (Å²) in [4.78, 5) is 29.2. The highest BCUT2D eigenvalue weighted by molar-refractivity contribution is 5.94. The molecule has 0 saturated carbocycles. The number of benzene rings is 1. The van der Waals surface area contributed by atoms with Crippen molar-refractivity contribution in [1.82, 2.24) is 19.6 Å². The summed E-state index contributed by atoms with van der Waals surface area (Å²) in [7, 11) is 0. The molecule has 1 aliphatic heterocycles. The highest BCUT2D eigenvalue weighted by atomic mass is 16.2. The molecule has 164 valence electrons. The standard InChI is InChI=1S/C24H31N5O2/c1-4-20-6-8-21(9-7-20)24(31)28-16-14-27(15-17-28)23(30)11-10-22-18(2)26-29(19(22)3)13-5-12-25/h6-9H,4-5,10-11,13-17H2,1-3H3. The van der Waals surface area contributed by atoms with E-state index in [1.807, 2.05) is 52.6 Å². The second-order valence-corrected chi connectivity index (χ2v) is 8.00. The molecule has 0 aliphatic carbocycles. The van der Waals surface area contributed by atoms with Crippen molar-refractivity contribution in [2.45, 2.75) is 53.0 Å². The van der Waals surface area contributed by atoms with Crippen LogP contribution in [0.25, 0.3) is 0 Å². The smallest absolute Gasteiger partial charge is 0.253 e. The van der Waals surface area contributed by atoms with Gasteiger partial charge >= 0.3 is 0 Å². The number of rotatable bonds is 7. The van der Waals surface area contributed by atoms with Crippen LogP contribution in [-0.2, 0) is 24.2 Å². The lowest BCUT2D eigenvalue weighted by atomic mass is 10.1. The van der Waals surface area contributed by atoms with Gasteiger partial charge in [-0.15, -0.1) is 0 Å². The maximum absolute atomic E-state index is 12.7. The third kappa shape index (κ3) is 5.32. The lowest BCUT2D eigenvalue weighted by Gasteiger charge is -2.35. The molecule has 3 rings (SSSR count). The van der Waals surface area contributed by atoms with Gasteiger partial charge in [0.2, 0.25) is 5.91 Å². The van der Waals surface area contributed by atoms with E-state index in [0.717, 1.165) is 23.4 Å². The Kier molecular flexibility index (Phi) is 7.45. The van der Waals surface area contributed by atoms with Gasteiger partial charge in [-0.2, -0.15) is 10.4 Å². The molecule has 0 radical (unpaired) electrons. The van der Waals surface area contributed by atoms with E-state index in [-0.39, 0.29) is 11.8 Å². The predicted molar refractivity (Wildman–Crippen MR) is 119 cm³/mol. The zero-order chi connectivity index (χ0) is 22.4. The van der Waals surface area contributed by atoms with Crippen molar-refractivity contribution in [2.75, 3.05) is 26.2 Å².